The minimum atomic E-state index is -0.166. The maximum absolute atomic E-state index is 12.7. The quantitative estimate of drug-likeness (QED) is 0.807. The maximum Gasteiger partial charge on any atom is 0.274 e. The normalized spacial score (nSPS) is 14.5. The molecule has 1 fully saturated rings. The molecule has 1 amide bonds. The molecule has 3 rings (SSSR count). The number of hydrogen-bond acceptors (Lipinski definition) is 4. The number of unbranched alkanes of at least 4 members (excludes halogenated alkanes) is 1. The lowest BCUT2D eigenvalue weighted by molar-refractivity contribution is 0.0738. The van der Waals surface area contributed by atoms with Crippen LogP contribution in [-0.2, 0) is 6.54 Å². The summed E-state index contributed by atoms with van der Waals surface area (Å²) in [7, 11) is 0. The lowest BCUT2D eigenvalue weighted by Crippen LogP contribution is -2.49. The first-order chi connectivity index (χ1) is 12.6. The molecule has 1 aromatic heterocycles. The summed E-state index contributed by atoms with van der Waals surface area (Å²) < 4.78 is 1.39. The summed E-state index contributed by atoms with van der Waals surface area (Å²) in [5.74, 6) is -0.124. The van der Waals surface area contributed by atoms with Gasteiger partial charge in [-0.25, -0.2) is 4.68 Å². The Labute approximate surface area is 158 Å². The molecule has 2 heterocycles. The van der Waals surface area contributed by atoms with Gasteiger partial charge in [0.05, 0.1) is 0 Å². The molecule has 26 heavy (non-hydrogen) atoms. The molecular formula is C19H23ClN4O2. The van der Waals surface area contributed by atoms with Gasteiger partial charge in [-0.1, -0.05) is 31.0 Å². The fourth-order valence-electron chi connectivity index (χ4n) is 3.03. The van der Waals surface area contributed by atoms with E-state index >= 15 is 0 Å². The second-order valence-electron chi connectivity index (χ2n) is 6.39. The number of aromatic nitrogens is 2. The van der Waals surface area contributed by atoms with Crippen molar-refractivity contribution in [2.75, 3.05) is 31.1 Å². The van der Waals surface area contributed by atoms with Crippen LogP contribution in [0.1, 0.15) is 30.3 Å². The van der Waals surface area contributed by atoms with Gasteiger partial charge in [-0.15, -0.1) is 0 Å². The first kappa shape index (κ1) is 18.5. The highest BCUT2D eigenvalue weighted by Gasteiger charge is 2.23. The molecule has 0 N–H and O–H groups in total. The van der Waals surface area contributed by atoms with Gasteiger partial charge in [-0.05, 0) is 30.7 Å². The third-order valence-corrected chi connectivity index (χ3v) is 4.78. The number of hydrogen-bond donors (Lipinski definition) is 0. The van der Waals surface area contributed by atoms with Gasteiger partial charge in [0, 0.05) is 49.5 Å². The molecule has 1 aliphatic rings. The number of aryl methyl sites for hydroxylation is 1. The van der Waals surface area contributed by atoms with E-state index in [2.05, 4.69) is 16.9 Å². The van der Waals surface area contributed by atoms with Crippen LogP contribution in [0.25, 0.3) is 0 Å². The molecule has 7 heteroatoms. The lowest BCUT2D eigenvalue weighted by Gasteiger charge is -2.36. The fraction of sp³-hybridized carbons (Fsp3) is 0.421. The minimum absolute atomic E-state index is 0.124. The van der Waals surface area contributed by atoms with Crippen LogP contribution in [0.15, 0.2) is 41.2 Å². The monoisotopic (exact) mass is 374 g/mol. The molecule has 0 aliphatic carbocycles. The molecule has 138 valence electrons. The molecule has 0 bridgehead atoms. The van der Waals surface area contributed by atoms with Crippen LogP contribution in [0.3, 0.4) is 0 Å². The molecule has 0 spiro atoms. The zero-order valence-corrected chi connectivity index (χ0v) is 15.7. The van der Waals surface area contributed by atoms with Crippen LogP contribution >= 0.6 is 11.6 Å². The highest BCUT2D eigenvalue weighted by molar-refractivity contribution is 6.30. The molecule has 1 aromatic carbocycles. The van der Waals surface area contributed by atoms with Gasteiger partial charge in [-0.3, -0.25) is 9.59 Å². The Morgan fingerprint density at radius 1 is 1.15 bits per heavy atom. The van der Waals surface area contributed by atoms with Crippen molar-refractivity contribution in [3.8, 4) is 0 Å². The summed E-state index contributed by atoms with van der Waals surface area (Å²) in [6.07, 6.45) is 1.83. The molecule has 2 aromatic rings. The number of halogens is 1. The van der Waals surface area contributed by atoms with E-state index in [0.29, 0.717) is 30.4 Å². The molecule has 0 saturated carbocycles. The number of carbonyl (C=O) groups excluding carboxylic acids is 1. The van der Waals surface area contributed by atoms with Crippen LogP contribution in [0.4, 0.5) is 5.69 Å². The Balaban J connectivity index is 1.66. The van der Waals surface area contributed by atoms with Crippen molar-refractivity contribution in [3.05, 3.63) is 57.5 Å². The van der Waals surface area contributed by atoms with Gasteiger partial charge in [0.1, 0.15) is 5.69 Å². The topological polar surface area (TPSA) is 58.4 Å². The molecule has 6 nitrogen and oxygen atoms in total. The Morgan fingerprint density at radius 3 is 2.62 bits per heavy atom. The third kappa shape index (κ3) is 4.25. The van der Waals surface area contributed by atoms with Crippen LogP contribution in [0, 0.1) is 0 Å². The van der Waals surface area contributed by atoms with Crippen molar-refractivity contribution in [1.82, 2.24) is 14.7 Å². The number of anilines is 1. The number of carbonyl (C=O) groups is 1. The summed E-state index contributed by atoms with van der Waals surface area (Å²) >= 11 is 6.06. The Morgan fingerprint density at radius 2 is 1.92 bits per heavy atom. The smallest absolute Gasteiger partial charge is 0.274 e. The van der Waals surface area contributed by atoms with Gasteiger partial charge < -0.3 is 9.80 Å². The van der Waals surface area contributed by atoms with E-state index in [0.717, 1.165) is 31.6 Å². The number of rotatable bonds is 5. The molecule has 1 aliphatic heterocycles. The van der Waals surface area contributed by atoms with Crippen molar-refractivity contribution in [2.45, 2.75) is 26.3 Å². The van der Waals surface area contributed by atoms with E-state index in [-0.39, 0.29) is 11.5 Å². The van der Waals surface area contributed by atoms with Crippen LogP contribution in [0.2, 0.25) is 5.02 Å². The molecule has 0 unspecified atom stereocenters. The lowest BCUT2D eigenvalue weighted by atomic mass is 10.2. The van der Waals surface area contributed by atoms with E-state index < -0.39 is 0 Å². The van der Waals surface area contributed by atoms with Crippen LogP contribution < -0.4 is 10.5 Å². The largest absolute Gasteiger partial charge is 0.368 e. The van der Waals surface area contributed by atoms with Crippen molar-refractivity contribution >= 4 is 23.2 Å². The summed E-state index contributed by atoms with van der Waals surface area (Å²) in [6.45, 7) is 5.30. The Kier molecular flexibility index (Phi) is 5.93. The summed E-state index contributed by atoms with van der Waals surface area (Å²) in [4.78, 5) is 28.6. The minimum Gasteiger partial charge on any atom is -0.368 e. The van der Waals surface area contributed by atoms with Crippen molar-refractivity contribution in [2.24, 2.45) is 0 Å². The molecule has 1 saturated heterocycles. The number of amides is 1. The molecular weight excluding hydrogens is 352 g/mol. The predicted octanol–water partition coefficient (Wildman–Crippen LogP) is 2.66. The van der Waals surface area contributed by atoms with Crippen molar-refractivity contribution in [1.29, 1.82) is 0 Å². The van der Waals surface area contributed by atoms with Gasteiger partial charge in [-0.2, -0.15) is 5.10 Å². The summed E-state index contributed by atoms with van der Waals surface area (Å²) in [6, 6.07) is 10.7. The van der Waals surface area contributed by atoms with E-state index in [1.54, 1.807) is 4.90 Å². The SMILES string of the molecule is CCCCn1nc(C(=O)N2CCN(c3cccc(Cl)c3)CC2)ccc1=O. The first-order valence-electron chi connectivity index (χ1n) is 8.96. The predicted molar refractivity (Wildman–Crippen MR) is 103 cm³/mol. The average molecular weight is 375 g/mol. The fourth-order valence-corrected chi connectivity index (χ4v) is 3.22. The highest BCUT2D eigenvalue weighted by Crippen LogP contribution is 2.21. The Hall–Kier alpha value is -2.34. The standard InChI is InChI=1S/C19H23ClN4O2/c1-2-3-9-24-18(25)8-7-17(21-24)19(26)23-12-10-22(11-13-23)16-6-4-5-15(20)14-16/h4-8,14H,2-3,9-13H2,1H3. The zero-order chi connectivity index (χ0) is 18.5. The second-order valence-corrected chi connectivity index (χ2v) is 6.83. The second kappa shape index (κ2) is 8.36. The van der Waals surface area contributed by atoms with E-state index in [1.165, 1.54) is 16.8 Å². The maximum atomic E-state index is 12.7. The van der Waals surface area contributed by atoms with E-state index in [9.17, 15) is 9.59 Å². The zero-order valence-electron chi connectivity index (χ0n) is 14.9. The van der Waals surface area contributed by atoms with E-state index in [1.807, 2.05) is 24.3 Å². The van der Waals surface area contributed by atoms with E-state index in [4.69, 9.17) is 11.6 Å². The number of nitrogens with zero attached hydrogens (tertiary/aromatic N) is 4. The summed E-state index contributed by atoms with van der Waals surface area (Å²) in [5, 5.41) is 4.96. The summed E-state index contributed by atoms with van der Waals surface area (Å²) in [5.41, 5.74) is 1.23. The van der Waals surface area contributed by atoms with Crippen molar-refractivity contribution < 1.29 is 4.79 Å². The third-order valence-electron chi connectivity index (χ3n) is 4.55. The number of benzene rings is 1. The van der Waals surface area contributed by atoms with Gasteiger partial charge in [0.15, 0.2) is 0 Å². The highest BCUT2D eigenvalue weighted by atomic mass is 35.5. The van der Waals surface area contributed by atoms with Crippen LogP contribution in [0.5, 0.6) is 0 Å². The molecule has 0 atom stereocenters. The number of piperazine rings is 1. The van der Waals surface area contributed by atoms with Gasteiger partial charge in [0.2, 0.25) is 0 Å². The molecule has 0 radical (unpaired) electrons. The Bertz CT molecular complexity index is 828. The average Bonchev–Trinajstić information content (AvgIpc) is 2.67. The van der Waals surface area contributed by atoms with Crippen LogP contribution in [-0.4, -0.2) is 46.8 Å². The first-order valence-corrected chi connectivity index (χ1v) is 9.34. The van der Waals surface area contributed by atoms with Gasteiger partial charge in [0.25, 0.3) is 11.5 Å². The van der Waals surface area contributed by atoms with Crippen molar-refractivity contribution in [3.63, 3.8) is 0 Å². The van der Waals surface area contributed by atoms with Gasteiger partial charge >= 0.3 is 0 Å².